The SMILES string of the molecule is CCCCCCCCCCCCc1ccc(O)c(CCCC(=O)NO)c1. The molecule has 4 nitrogen and oxygen atoms in total. The van der Waals surface area contributed by atoms with Crippen LogP contribution in [0.3, 0.4) is 0 Å². The first kappa shape index (κ1) is 22.5. The molecule has 4 heteroatoms. The molecule has 26 heavy (non-hydrogen) atoms. The fourth-order valence-corrected chi connectivity index (χ4v) is 3.31. The van der Waals surface area contributed by atoms with Gasteiger partial charge in [-0.15, -0.1) is 0 Å². The molecule has 0 heterocycles. The summed E-state index contributed by atoms with van der Waals surface area (Å²) in [6.07, 6.45) is 15.9. The molecular weight excluding hydrogens is 326 g/mol. The normalized spacial score (nSPS) is 10.8. The van der Waals surface area contributed by atoms with Crippen LogP contribution in [-0.4, -0.2) is 16.2 Å². The van der Waals surface area contributed by atoms with Gasteiger partial charge in [0.15, 0.2) is 0 Å². The maximum atomic E-state index is 11.0. The number of hydroxylamine groups is 1. The van der Waals surface area contributed by atoms with E-state index in [1.807, 2.05) is 6.07 Å². The van der Waals surface area contributed by atoms with Crippen molar-refractivity contribution in [1.82, 2.24) is 5.48 Å². The minimum atomic E-state index is -0.383. The average Bonchev–Trinajstić information content (AvgIpc) is 2.65. The second-order valence-electron chi connectivity index (χ2n) is 7.28. The van der Waals surface area contributed by atoms with Crippen LogP contribution in [0.25, 0.3) is 0 Å². The van der Waals surface area contributed by atoms with Crippen molar-refractivity contribution >= 4 is 5.91 Å². The van der Waals surface area contributed by atoms with Crippen molar-refractivity contribution in [3.05, 3.63) is 29.3 Å². The predicted molar refractivity (Wildman–Crippen MR) is 107 cm³/mol. The quantitative estimate of drug-likeness (QED) is 0.213. The fraction of sp³-hybridized carbons (Fsp3) is 0.682. The molecule has 0 atom stereocenters. The van der Waals surface area contributed by atoms with Crippen molar-refractivity contribution < 1.29 is 15.1 Å². The van der Waals surface area contributed by atoms with Crippen LogP contribution in [0.5, 0.6) is 5.75 Å². The number of carbonyl (C=O) groups is 1. The van der Waals surface area contributed by atoms with Crippen molar-refractivity contribution in [2.24, 2.45) is 0 Å². The van der Waals surface area contributed by atoms with Gasteiger partial charge in [-0.05, 0) is 42.9 Å². The van der Waals surface area contributed by atoms with E-state index >= 15 is 0 Å². The van der Waals surface area contributed by atoms with Crippen molar-refractivity contribution in [3.63, 3.8) is 0 Å². The van der Waals surface area contributed by atoms with E-state index in [0.717, 1.165) is 12.0 Å². The van der Waals surface area contributed by atoms with E-state index in [9.17, 15) is 9.90 Å². The van der Waals surface area contributed by atoms with E-state index in [-0.39, 0.29) is 12.3 Å². The highest BCUT2D eigenvalue weighted by Gasteiger charge is 2.05. The molecule has 1 amide bonds. The van der Waals surface area contributed by atoms with Gasteiger partial charge in [-0.25, -0.2) is 5.48 Å². The van der Waals surface area contributed by atoms with Crippen LogP contribution in [0.15, 0.2) is 18.2 Å². The molecule has 0 unspecified atom stereocenters. The number of nitrogens with one attached hydrogen (secondary N) is 1. The maximum absolute atomic E-state index is 11.0. The topological polar surface area (TPSA) is 69.6 Å². The van der Waals surface area contributed by atoms with Crippen molar-refractivity contribution in [1.29, 1.82) is 0 Å². The van der Waals surface area contributed by atoms with E-state index in [2.05, 4.69) is 13.0 Å². The lowest BCUT2D eigenvalue weighted by Crippen LogP contribution is -2.18. The monoisotopic (exact) mass is 363 g/mol. The lowest BCUT2D eigenvalue weighted by atomic mass is 9.99. The summed E-state index contributed by atoms with van der Waals surface area (Å²) in [6.45, 7) is 2.26. The van der Waals surface area contributed by atoms with Crippen LogP contribution in [0.2, 0.25) is 0 Å². The molecule has 3 N–H and O–H groups in total. The van der Waals surface area contributed by atoms with Gasteiger partial charge < -0.3 is 5.11 Å². The Morgan fingerprint density at radius 3 is 2.12 bits per heavy atom. The fourth-order valence-electron chi connectivity index (χ4n) is 3.31. The minimum absolute atomic E-state index is 0.263. The van der Waals surface area contributed by atoms with Crippen molar-refractivity contribution in [2.45, 2.75) is 96.8 Å². The molecule has 0 saturated heterocycles. The summed E-state index contributed by atoms with van der Waals surface area (Å²) in [7, 11) is 0. The van der Waals surface area contributed by atoms with Gasteiger partial charge in [0.25, 0.3) is 0 Å². The predicted octanol–water partition coefficient (Wildman–Crippen LogP) is 5.68. The Hall–Kier alpha value is -1.55. The highest BCUT2D eigenvalue weighted by molar-refractivity contribution is 5.74. The molecule has 0 spiro atoms. The smallest absolute Gasteiger partial charge is 0.243 e. The summed E-state index contributed by atoms with van der Waals surface area (Å²) < 4.78 is 0. The molecule has 1 rings (SSSR count). The average molecular weight is 364 g/mol. The number of unbranched alkanes of at least 4 members (excludes halogenated alkanes) is 9. The summed E-state index contributed by atoms with van der Waals surface area (Å²) in [5.74, 6) is -0.0905. The van der Waals surface area contributed by atoms with E-state index in [1.165, 1.54) is 69.8 Å². The van der Waals surface area contributed by atoms with Crippen LogP contribution in [0, 0.1) is 0 Å². The van der Waals surface area contributed by atoms with E-state index in [1.54, 1.807) is 11.5 Å². The number of phenols is 1. The molecule has 0 saturated carbocycles. The highest BCUT2D eigenvalue weighted by Crippen LogP contribution is 2.22. The molecule has 0 aliphatic heterocycles. The largest absolute Gasteiger partial charge is 0.508 e. The van der Waals surface area contributed by atoms with Crippen LogP contribution in [0.1, 0.15) is 95.1 Å². The molecule has 0 radical (unpaired) electrons. The zero-order chi connectivity index (χ0) is 19.0. The molecule has 0 aliphatic carbocycles. The van der Waals surface area contributed by atoms with Gasteiger partial charge in [0.1, 0.15) is 5.75 Å². The Balaban J connectivity index is 2.16. The summed E-state index contributed by atoms with van der Waals surface area (Å²) in [4.78, 5) is 11.0. The van der Waals surface area contributed by atoms with E-state index in [0.29, 0.717) is 18.6 Å². The van der Waals surface area contributed by atoms with Gasteiger partial charge in [-0.1, -0.05) is 76.8 Å². The second kappa shape index (κ2) is 14.6. The zero-order valence-electron chi connectivity index (χ0n) is 16.4. The number of hydrogen-bond acceptors (Lipinski definition) is 3. The lowest BCUT2D eigenvalue weighted by Gasteiger charge is -2.08. The molecular formula is C22H37NO3. The first-order chi connectivity index (χ1) is 12.7. The molecule has 0 fully saturated rings. The Kier molecular flexibility index (Phi) is 12.6. The third-order valence-corrected chi connectivity index (χ3v) is 4.94. The Labute approximate surface area is 159 Å². The number of aromatic hydroxyl groups is 1. The van der Waals surface area contributed by atoms with Crippen LogP contribution >= 0.6 is 0 Å². The molecule has 148 valence electrons. The van der Waals surface area contributed by atoms with Crippen molar-refractivity contribution in [3.8, 4) is 5.75 Å². The Bertz CT molecular complexity index is 502. The number of rotatable bonds is 15. The molecule has 0 aromatic heterocycles. The summed E-state index contributed by atoms with van der Waals surface area (Å²) >= 11 is 0. The first-order valence-electron chi connectivity index (χ1n) is 10.4. The third-order valence-electron chi connectivity index (χ3n) is 4.94. The van der Waals surface area contributed by atoms with Crippen LogP contribution in [0.4, 0.5) is 0 Å². The number of hydrogen-bond donors (Lipinski definition) is 3. The lowest BCUT2D eigenvalue weighted by molar-refractivity contribution is -0.129. The first-order valence-corrected chi connectivity index (χ1v) is 10.4. The van der Waals surface area contributed by atoms with Gasteiger partial charge in [-0.2, -0.15) is 0 Å². The summed E-state index contributed by atoms with van der Waals surface area (Å²) in [5.41, 5.74) is 3.78. The number of phenolic OH excluding ortho intramolecular Hbond substituents is 1. The standard InChI is InChI=1S/C22H37NO3/c1-2-3-4-5-6-7-8-9-10-11-13-19-16-17-21(24)20(18-19)14-12-15-22(25)23-26/h16-18,24,26H,2-15H2,1H3,(H,23,25). The molecule has 1 aromatic carbocycles. The Morgan fingerprint density at radius 1 is 0.885 bits per heavy atom. The molecule has 0 aliphatic rings. The number of benzene rings is 1. The van der Waals surface area contributed by atoms with Crippen molar-refractivity contribution in [2.75, 3.05) is 0 Å². The molecule has 1 aromatic rings. The van der Waals surface area contributed by atoms with E-state index < -0.39 is 0 Å². The van der Waals surface area contributed by atoms with Gasteiger partial charge in [0, 0.05) is 6.42 Å². The van der Waals surface area contributed by atoms with Gasteiger partial charge in [0.2, 0.25) is 5.91 Å². The number of carbonyl (C=O) groups excluding carboxylic acids is 1. The van der Waals surface area contributed by atoms with E-state index in [4.69, 9.17) is 5.21 Å². The number of amides is 1. The van der Waals surface area contributed by atoms with Gasteiger partial charge >= 0.3 is 0 Å². The summed E-state index contributed by atoms with van der Waals surface area (Å²) in [5, 5.41) is 18.5. The third kappa shape index (κ3) is 10.4. The van der Waals surface area contributed by atoms with Crippen LogP contribution in [-0.2, 0) is 17.6 Å². The van der Waals surface area contributed by atoms with Crippen LogP contribution < -0.4 is 5.48 Å². The molecule has 0 bridgehead atoms. The van der Waals surface area contributed by atoms with Gasteiger partial charge in [0.05, 0.1) is 0 Å². The Morgan fingerprint density at radius 2 is 1.50 bits per heavy atom. The second-order valence-corrected chi connectivity index (χ2v) is 7.28. The van der Waals surface area contributed by atoms with Gasteiger partial charge in [-0.3, -0.25) is 10.0 Å². The minimum Gasteiger partial charge on any atom is -0.508 e. The highest BCUT2D eigenvalue weighted by atomic mass is 16.5. The maximum Gasteiger partial charge on any atom is 0.243 e. The zero-order valence-corrected chi connectivity index (χ0v) is 16.4. The summed E-state index contributed by atoms with van der Waals surface area (Å²) in [6, 6.07) is 5.81. The number of aryl methyl sites for hydroxylation is 2.